The van der Waals surface area contributed by atoms with Crippen molar-refractivity contribution >= 4 is 39.7 Å². The first-order valence-corrected chi connectivity index (χ1v) is 11.4. The van der Waals surface area contributed by atoms with Gasteiger partial charge in [-0.15, -0.1) is 0 Å². The summed E-state index contributed by atoms with van der Waals surface area (Å²) < 4.78 is 8.93. The minimum atomic E-state index is -0.580. The van der Waals surface area contributed by atoms with Gasteiger partial charge in [0.2, 0.25) is 0 Å². The molecule has 0 fully saturated rings. The van der Waals surface area contributed by atoms with E-state index in [2.05, 4.69) is 0 Å². The third-order valence-corrected chi connectivity index (χ3v) is 5.77. The number of carbonyl (C=O) groups excluding carboxylic acids is 1. The third-order valence-electron chi connectivity index (χ3n) is 4.85. The van der Waals surface area contributed by atoms with Gasteiger partial charge in [0.25, 0.3) is 5.56 Å². The van der Waals surface area contributed by atoms with E-state index in [0.29, 0.717) is 35.0 Å². The number of nitrogens with zero attached hydrogens (tertiary/aromatic N) is 3. The molecule has 0 saturated carbocycles. The number of ether oxygens (including phenoxy) is 1. The first-order chi connectivity index (χ1) is 15.3. The zero-order valence-corrected chi connectivity index (χ0v) is 19.2. The van der Waals surface area contributed by atoms with E-state index in [9.17, 15) is 9.59 Å². The average molecular weight is 451 g/mol. The Balaban J connectivity index is 1.93. The Morgan fingerprint density at radius 3 is 2.47 bits per heavy atom. The standard InChI is InChI=1S/C24H26N4O3S/c1-24(2,3)31-19(29)15-32-23-26-20-17-11-7-8-12-18(17)27(14-13-25)21(20)22(30)28(23)16-9-5-4-6-10-16/h4-12H,13-15,25H2,1-3H3. The van der Waals surface area contributed by atoms with Crippen LogP contribution >= 0.6 is 11.8 Å². The van der Waals surface area contributed by atoms with Gasteiger partial charge in [-0.25, -0.2) is 4.98 Å². The molecule has 0 amide bonds. The molecule has 0 radical (unpaired) electrons. The van der Waals surface area contributed by atoms with E-state index in [1.807, 2.05) is 79.9 Å². The lowest BCUT2D eigenvalue weighted by molar-refractivity contribution is -0.151. The molecule has 7 nitrogen and oxygen atoms in total. The number of benzene rings is 2. The van der Waals surface area contributed by atoms with E-state index in [0.717, 1.165) is 10.9 Å². The molecule has 0 saturated heterocycles. The summed E-state index contributed by atoms with van der Waals surface area (Å²) in [5.74, 6) is -0.314. The van der Waals surface area contributed by atoms with Gasteiger partial charge < -0.3 is 15.0 Å². The van der Waals surface area contributed by atoms with Gasteiger partial charge in [-0.1, -0.05) is 48.2 Å². The number of nitrogens with two attached hydrogens (primary N) is 1. The van der Waals surface area contributed by atoms with Crippen molar-refractivity contribution in [2.24, 2.45) is 5.73 Å². The lowest BCUT2D eigenvalue weighted by atomic mass is 10.2. The van der Waals surface area contributed by atoms with Gasteiger partial charge in [0, 0.05) is 18.5 Å². The highest BCUT2D eigenvalue weighted by molar-refractivity contribution is 7.99. The van der Waals surface area contributed by atoms with Gasteiger partial charge >= 0.3 is 5.97 Å². The van der Waals surface area contributed by atoms with Gasteiger partial charge in [0.15, 0.2) is 5.16 Å². The molecule has 8 heteroatoms. The van der Waals surface area contributed by atoms with E-state index >= 15 is 0 Å². The molecule has 2 heterocycles. The lowest BCUT2D eigenvalue weighted by Crippen LogP contribution is -2.26. The van der Waals surface area contributed by atoms with Crippen molar-refractivity contribution in [2.75, 3.05) is 12.3 Å². The summed E-state index contributed by atoms with van der Waals surface area (Å²) in [6, 6.07) is 17.1. The van der Waals surface area contributed by atoms with Crippen molar-refractivity contribution in [3.05, 3.63) is 65.0 Å². The van der Waals surface area contributed by atoms with Crippen LogP contribution < -0.4 is 11.3 Å². The first kappa shape index (κ1) is 22.1. The van der Waals surface area contributed by atoms with Crippen molar-refractivity contribution in [1.82, 2.24) is 14.1 Å². The lowest BCUT2D eigenvalue weighted by Gasteiger charge is -2.19. The highest BCUT2D eigenvalue weighted by Gasteiger charge is 2.22. The van der Waals surface area contributed by atoms with Crippen molar-refractivity contribution in [3.8, 4) is 5.69 Å². The maximum absolute atomic E-state index is 13.8. The summed E-state index contributed by atoms with van der Waals surface area (Å²) in [4.78, 5) is 31.0. The van der Waals surface area contributed by atoms with E-state index in [1.165, 1.54) is 11.8 Å². The average Bonchev–Trinajstić information content (AvgIpc) is 3.06. The van der Waals surface area contributed by atoms with Gasteiger partial charge in [-0.3, -0.25) is 14.2 Å². The maximum atomic E-state index is 13.8. The quantitative estimate of drug-likeness (QED) is 0.273. The predicted octanol–water partition coefficient (Wildman–Crippen LogP) is 3.73. The number of fused-ring (bicyclic) bond motifs is 3. The maximum Gasteiger partial charge on any atom is 0.316 e. The number of thioether (sulfide) groups is 1. The Morgan fingerprint density at radius 2 is 1.78 bits per heavy atom. The molecule has 2 N–H and O–H groups in total. The Bertz CT molecular complexity index is 1340. The molecule has 0 aliphatic heterocycles. The van der Waals surface area contributed by atoms with Gasteiger partial charge in [0.05, 0.1) is 17.0 Å². The smallest absolute Gasteiger partial charge is 0.316 e. The number of carbonyl (C=O) groups is 1. The van der Waals surface area contributed by atoms with Crippen molar-refractivity contribution in [2.45, 2.75) is 38.1 Å². The number of para-hydroxylation sites is 2. The fourth-order valence-corrected chi connectivity index (χ4v) is 4.49. The van der Waals surface area contributed by atoms with Crippen LogP contribution in [0.4, 0.5) is 0 Å². The van der Waals surface area contributed by atoms with Gasteiger partial charge in [0.1, 0.15) is 16.6 Å². The van der Waals surface area contributed by atoms with E-state index in [1.54, 1.807) is 4.57 Å². The summed E-state index contributed by atoms with van der Waals surface area (Å²) in [5.41, 5.74) is 7.78. The normalized spacial score (nSPS) is 11.9. The molecule has 4 aromatic rings. The van der Waals surface area contributed by atoms with E-state index in [4.69, 9.17) is 15.5 Å². The van der Waals surface area contributed by atoms with Crippen LogP contribution in [0.1, 0.15) is 20.8 Å². The number of esters is 1. The zero-order chi connectivity index (χ0) is 22.9. The third kappa shape index (κ3) is 4.28. The fourth-order valence-electron chi connectivity index (χ4n) is 3.71. The predicted molar refractivity (Wildman–Crippen MR) is 128 cm³/mol. The van der Waals surface area contributed by atoms with Crippen LogP contribution in [-0.4, -0.2) is 38.0 Å². The summed E-state index contributed by atoms with van der Waals surface area (Å²) >= 11 is 1.19. The molecular weight excluding hydrogens is 424 g/mol. The monoisotopic (exact) mass is 450 g/mol. The van der Waals surface area contributed by atoms with Crippen LogP contribution in [0.15, 0.2) is 64.5 Å². The van der Waals surface area contributed by atoms with Crippen LogP contribution in [0, 0.1) is 0 Å². The summed E-state index contributed by atoms with van der Waals surface area (Å²) in [6.45, 7) is 6.37. The second-order valence-electron chi connectivity index (χ2n) is 8.40. The van der Waals surface area contributed by atoms with Crippen molar-refractivity contribution in [3.63, 3.8) is 0 Å². The number of hydrogen-bond donors (Lipinski definition) is 1. The molecule has 2 aromatic heterocycles. The minimum absolute atomic E-state index is 0.0451. The van der Waals surface area contributed by atoms with Crippen LogP contribution in [0.3, 0.4) is 0 Å². The van der Waals surface area contributed by atoms with Crippen LogP contribution in [0.5, 0.6) is 0 Å². The highest BCUT2D eigenvalue weighted by atomic mass is 32.2. The van der Waals surface area contributed by atoms with Gasteiger partial charge in [-0.05, 0) is 39.0 Å². The molecule has 2 aromatic carbocycles. The molecule has 166 valence electrons. The molecule has 0 unspecified atom stereocenters. The first-order valence-electron chi connectivity index (χ1n) is 10.4. The summed E-state index contributed by atoms with van der Waals surface area (Å²) in [7, 11) is 0. The Hall–Kier alpha value is -3.10. The molecule has 0 aliphatic carbocycles. The second-order valence-corrected chi connectivity index (χ2v) is 9.34. The highest BCUT2D eigenvalue weighted by Crippen LogP contribution is 2.29. The van der Waals surface area contributed by atoms with Gasteiger partial charge in [-0.2, -0.15) is 0 Å². The van der Waals surface area contributed by atoms with Crippen LogP contribution in [0.25, 0.3) is 27.6 Å². The summed E-state index contributed by atoms with van der Waals surface area (Å²) in [5, 5.41) is 1.32. The molecule has 0 atom stereocenters. The van der Waals surface area contributed by atoms with Crippen molar-refractivity contribution < 1.29 is 9.53 Å². The Labute approximate surface area is 190 Å². The molecular formula is C24H26N4O3S. The van der Waals surface area contributed by atoms with E-state index < -0.39 is 5.60 Å². The topological polar surface area (TPSA) is 92.1 Å². The Morgan fingerprint density at radius 1 is 1.09 bits per heavy atom. The molecule has 32 heavy (non-hydrogen) atoms. The van der Waals surface area contributed by atoms with Crippen LogP contribution in [-0.2, 0) is 16.1 Å². The van der Waals surface area contributed by atoms with Crippen molar-refractivity contribution in [1.29, 1.82) is 0 Å². The Kier molecular flexibility index (Phi) is 6.08. The molecule has 0 spiro atoms. The molecule has 4 rings (SSSR count). The number of rotatable bonds is 6. The summed E-state index contributed by atoms with van der Waals surface area (Å²) in [6.07, 6.45) is 0. The minimum Gasteiger partial charge on any atom is -0.459 e. The zero-order valence-electron chi connectivity index (χ0n) is 18.4. The second kappa shape index (κ2) is 8.80. The largest absolute Gasteiger partial charge is 0.459 e. The van der Waals surface area contributed by atoms with E-state index in [-0.39, 0.29) is 17.3 Å². The number of aromatic nitrogens is 3. The van der Waals surface area contributed by atoms with Crippen LogP contribution in [0.2, 0.25) is 0 Å². The number of hydrogen-bond acceptors (Lipinski definition) is 6. The SMILES string of the molecule is CC(C)(C)OC(=O)CSc1nc2c3ccccc3n(CCN)c2c(=O)n1-c1ccccc1. The molecule has 0 bridgehead atoms. The molecule has 0 aliphatic rings. The fraction of sp³-hybridized carbons (Fsp3) is 0.292.